The maximum atomic E-state index is 11.4. The average molecular weight is 228 g/mol. The summed E-state index contributed by atoms with van der Waals surface area (Å²) in [6.07, 6.45) is 6.70. The Morgan fingerprint density at radius 1 is 1.00 bits per heavy atom. The number of carboxylic acids is 1. The number of aliphatic carboxylic acids is 1. The predicted octanol–water partition coefficient (Wildman–Crippen LogP) is 4.48. The highest BCUT2D eigenvalue weighted by Crippen LogP contribution is 2.42. The molecule has 2 nitrogen and oxygen atoms in total. The summed E-state index contributed by atoms with van der Waals surface area (Å²) >= 11 is 0. The van der Waals surface area contributed by atoms with Crippen molar-refractivity contribution < 1.29 is 9.90 Å². The van der Waals surface area contributed by atoms with Gasteiger partial charge in [-0.3, -0.25) is 4.79 Å². The zero-order valence-corrected chi connectivity index (χ0v) is 11.6. The van der Waals surface area contributed by atoms with Crippen molar-refractivity contribution in [2.75, 3.05) is 0 Å². The molecule has 0 aromatic rings. The van der Waals surface area contributed by atoms with Gasteiger partial charge in [0, 0.05) is 0 Å². The second-order valence-electron chi connectivity index (χ2n) is 6.05. The van der Waals surface area contributed by atoms with E-state index in [1.165, 1.54) is 19.3 Å². The van der Waals surface area contributed by atoms with Gasteiger partial charge in [-0.25, -0.2) is 0 Å². The molecule has 0 heterocycles. The Hall–Kier alpha value is -0.530. The minimum Gasteiger partial charge on any atom is -0.481 e. The zero-order chi connectivity index (χ0) is 12.8. The Bertz CT molecular complexity index is 215. The van der Waals surface area contributed by atoms with Crippen LogP contribution in [0.1, 0.15) is 73.1 Å². The minimum absolute atomic E-state index is 0.177. The molecular weight excluding hydrogens is 200 g/mol. The van der Waals surface area contributed by atoms with E-state index in [-0.39, 0.29) is 5.41 Å². The van der Waals surface area contributed by atoms with Crippen LogP contribution in [0.2, 0.25) is 0 Å². The van der Waals surface area contributed by atoms with Gasteiger partial charge in [0.05, 0.1) is 5.41 Å². The molecule has 1 atom stereocenters. The highest BCUT2D eigenvalue weighted by atomic mass is 16.4. The summed E-state index contributed by atoms with van der Waals surface area (Å²) in [5.41, 5.74) is -0.775. The Balaban J connectivity index is 4.21. The largest absolute Gasteiger partial charge is 0.481 e. The summed E-state index contributed by atoms with van der Waals surface area (Å²) in [6.45, 7) is 10.1. The number of carboxylic acid groups (broad SMARTS) is 1. The van der Waals surface area contributed by atoms with Crippen molar-refractivity contribution >= 4 is 5.97 Å². The molecule has 0 aliphatic rings. The lowest BCUT2D eigenvalue weighted by molar-refractivity contribution is -0.155. The molecule has 0 saturated carbocycles. The summed E-state index contributed by atoms with van der Waals surface area (Å²) in [4.78, 5) is 11.4. The first kappa shape index (κ1) is 15.5. The normalized spacial score (nSPS) is 15.8. The van der Waals surface area contributed by atoms with Crippen LogP contribution in [0.15, 0.2) is 0 Å². The molecule has 1 unspecified atom stereocenters. The van der Waals surface area contributed by atoms with Gasteiger partial charge < -0.3 is 5.11 Å². The van der Waals surface area contributed by atoms with Crippen LogP contribution in [0.4, 0.5) is 0 Å². The summed E-state index contributed by atoms with van der Waals surface area (Å²) < 4.78 is 0. The quantitative estimate of drug-likeness (QED) is 0.652. The number of unbranched alkanes of at least 4 members (excludes halogenated alkanes) is 4. The highest BCUT2D eigenvalue weighted by molar-refractivity contribution is 5.75. The van der Waals surface area contributed by atoms with Gasteiger partial charge in [0.25, 0.3) is 0 Å². The molecule has 1 N–H and O–H groups in total. The third-order valence-corrected chi connectivity index (χ3v) is 3.91. The van der Waals surface area contributed by atoms with E-state index in [1.807, 2.05) is 27.7 Å². The standard InChI is InChI=1S/C14H28O2/c1-6-7-8-9-10-11-14(5,12(15)16)13(2,3)4/h6-11H2,1-5H3,(H,15,16). The lowest BCUT2D eigenvalue weighted by atomic mass is 9.65. The molecule has 0 fully saturated rings. The average Bonchev–Trinajstić information content (AvgIpc) is 2.15. The number of hydrogen-bond donors (Lipinski definition) is 1. The minimum atomic E-state index is -0.657. The first-order valence-electron chi connectivity index (χ1n) is 6.49. The molecular formula is C14H28O2. The van der Waals surface area contributed by atoms with Gasteiger partial charge in [-0.05, 0) is 18.8 Å². The summed E-state index contributed by atoms with van der Waals surface area (Å²) in [6, 6.07) is 0. The van der Waals surface area contributed by atoms with Crippen LogP contribution in [0.25, 0.3) is 0 Å². The zero-order valence-electron chi connectivity index (χ0n) is 11.6. The fraction of sp³-hybridized carbons (Fsp3) is 0.929. The third-order valence-electron chi connectivity index (χ3n) is 3.91. The van der Waals surface area contributed by atoms with Crippen LogP contribution in [0.5, 0.6) is 0 Å². The molecule has 16 heavy (non-hydrogen) atoms. The molecule has 0 aromatic carbocycles. The lowest BCUT2D eigenvalue weighted by Crippen LogP contribution is -2.40. The monoisotopic (exact) mass is 228 g/mol. The van der Waals surface area contributed by atoms with E-state index in [9.17, 15) is 9.90 Å². The van der Waals surface area contributed by atoms with E-state index in [1.54, 1.807) is 0 Å². The van der Waals surface area contributed by atoms with E-state index in [0.29, 0.717) is 0 Å². The lowest BCUT2D eigenvalue weighted by Gasteiger charge is -2.38. The van der Waals surface area contributed by atoms with E-state index in [0.717, 1.165) is 19.3 Å². The maximum absolute atomic E-state index is 11.4. The van der Waals surface area contributed by atoms with Crippen LogP contribution >= 0.6 is 0 Å². The van der Waals surface area contributed by atoms with Gasteiger partial charge in [0.2, 0.25) is 0 Å². The maximum Gasteiger partial charge on any atom is 0.309 e. The van der Waals surface area contributed by atoms with E-state index < -0.39 is 11.4 Å². The Morgan fingerprint density at radius 3 is 1.88 bits per heavy atom. The second kappa shape index (κ2) is 6.27. The molecule has 0 saturated heterocycles. The number of rotatable bonds is 7. The Morgan fingerprint density at radius 2 is 1.50 bits per heavy atom. The summed E-state index contributed by atoms with van der Waals surface area (Å²) in [7, 11) is 0. The van der Waals surface area contributed by atoms with Crippen LogP contribution < -0.4 is 0 Å². The molecule has 2 heteroatoms. The predicted molar refractivity (Wildman–Crippen MR) is 68.6 cm³/mol. The van der Waals surface area contributed by atoms with Gasteiger partial charge in [0.1, 0.15) is 0 Å². The molecule has 0 aromatic heterocycles. The fourth-order valence-corrected chi connectivity index (χ4v) is 1.88. The molecule has 0 aliphatic carbocycles. The molecule has 0 spiro atoms. The molecule has 0 aliphatic heterocycles. The SMILES string of the molecule is CCCCCCCC(C)(C(=O)O)C(C)(C)C. The van der Waals surface area contributed by atoms with Gasteiger partial charge in [-0.2, -0.15) is 0 Å². The first-order valence-corrected chi connectivity index (χ1v) is 6.49. The highest BCUT2D eigenvalue weighted by Gasteiger charge is 2.43. The number of carbonyl (C=O) groups is 1. The van der Waals surface area contributed by atoms with Gasteiger partial charge >= 0.3 is 5.97 Å². The third kappa shape index (κ3) is 4.15. The molecule has 0 rings (SSSR count). The van der Waals surface area contributed by atoms with Crippen LogP contribution in [-0.4, -0.2) is 11.1 Å². The molecule has 0 amide bonds. The van der Waals surface area contributed by atoms with Crippen molar-refractivity contribution in [1.82, 2.24) is 0 Å². The molecule has 96 valence electrons. The summed E-state index contributed by atoms with van der Waals surface area (Å²) in [5, 5.41) is 9.37. The van der Waals surface area contributed by atoms with Crippen LogP contribution in [0, 0.1) is 10.8 Å². The van der Waals surface area contributed by atoms with E-state index >= 15 is 0 Å². The van der Waals surface area contributed by atoms with Crippen molar-refractivity contribution in [3.63, 3.8) is 0 Å². The van der Waals surface area contributed by atoms with Crippen LogP contribution in [-0.2, 0) is 4.79 Å². The number of hydrogen-bond acceptors (Lipinski definition) is 1. The van der Waals surface area contributed by atoms with Crippen molar-refractivity contribution in [1.29, 1.82) is 0 Å². The van der Waals surface area contributed by atoms with Crippen molar-refractivity contribution in [3.8, 4) is 0 Å². The van der Waals surface area contributed by atoms with Gasteiger partial charge in [0.15, 0.2) is 0 Å². The Labute approximate surface area is 100 Å². The Kier molecular flexibility index (Phi) is 6.06. The van der Waals surface area contributed by atoms with Gasteiger partial charge in [-0.15, -0.1) is 0 Å². The van der Waals surface area contributed by atoms with Crippen molar-refractivity contribution in [2.24, 2.45) is 10.8 Å². The molecule has 0 bridgehead atoms. The van der Waals surface area contributed by atoms with E-state index in [4.69, 9.17) is 0 Å². The topological polar surface area (TPSA) is 37.3 Å². The summed E-state index contributed by atoms with van der Waals surface area (Å²) in [5.74, 6) is -0.657. The van der Waals surface area contributed by atoms with Crippen LogP contribution in [0.3, 0.4) is 0 Å². The van der Waals surface area contributed by atoms with Crippen molar-refractivity contribution in [2.45, 2.75) is 73.1 Å². The molecule has 0 radical (unpaired) electrons. The smallest absolute Gasteiger partial charge is 0.309 e. The fourth-order valence-electron chi connectivity index (χ4n) is 1.88. The van der Waals surface area contributed by atoms with Crippen molar-refractivity contribution in [3.05, 3.63) is 0 Å². The van der Waals surface area contributed by atoms with Gasteiger partial charge in [-0.1, -0.05) is 59.8 Å². The first-order chi connectivity index (χ1) is 7.25. The van der Waals surface area contributed by atoms with E-state index in [2.05, 4.69) is 6.92 Å². The second-order valence-corrected chi connectivity index (χ2v) is 6.05.